The van der Waals surface area contributed by atoms with Gasteiger partial charge in [-0.05, 0) is 48.0 Å². The van der Waals surface area contributed by atoms with Crippen LogP contribution in [-0.2, 0) is 6.61 Å². The van der Waals surface area contributed by atoms with Gasteiger partial charge in [-0.3, -0.25) is 14.9 Å². The van der Waals surface area contributed by atoms with E-state index in [1.807, 2.05) is 18.2 Å². The number of hydrogen-bond donors (Lipinski definition) is 1. The molecular weight excluding hydrogens is 440 g/mol. The molecular formula is C24H16N4O4S. The summed E-state index contributed by atoms with van der Waals surface area (Å²) in [5.74, 6) is 0.245. The lowest BCUT2D eigenvalue weighted by Gasteiger charge is -2.07. The van der Waals surface area contributed by atoms with Crippen molar-refractivity contribution < 1.29 is 14.5 Å². The zero-order valence-electron chi connectivity index (χ0n) is 17.1. The van der Waals surface area contributed by atoms with Gasteiger partial charge in [-0.2, -0.15) is 10.4 Å². The van der Waals surface area contributed by atoms with E-state index in [1.165, 1.54) is 29.7 Å². The molecule has 4 rings (SSSR count). The normalized spacial score (nSPS) is 10.8. The zero-order valence-corrected chi connectivity index (χ0v) is 17.9. The van der Waals surface area contributed by atoms with Gasteiger partial charge in [0.25, 0.3) is 11.6 Å². The van der Waals surface area contributed by atoms with Crippen LogP contribution in [0.3, 0.4) is 0 Å². The molecule has 0 saturated heterocycles. The van der Waals surface area contributed by atoms with Crippen LogP contribution in [0.5, 0.6) is 5.75 Å². The summed E-state index contributed by atoms with van der Waals surface area (Å²) >= 11 is 1.24. The van der Waals surface area contributed by atoms with Crippen LogP contribution < -0.4 is 10.2 Å². The number of nitro benzene ring substituents is 1. The number of fused-ring (bicyclic) bond motifs is 1. The summed E-state index contributed by atoms with van der Waals surface area (Å²) in [6.45, 7) is 0.283. The number of thiophene rings is 1. The quantitative estimate of drug-likeness (QED) is 0.238. The topological polar surface area (TPSA) is 118 Å². The molecule has 33 heavy (non-hydrogen) atoms. The number of nitriles is 1. The van der Waals surface area contributed by atoms with Gasteiger partial charge in [0.05, 0.1) is 27.6 Å². The molecule has 1 amide bonds. The minimum Gasteiger partial charge on any atom is -0.489 e. The lowest BCUT2D eigenvalue weighted by Crippen LogP contribution is -2.16. The molecule has 0 aliphatic carbocycles. The Kier molecular flexibility index (Phi) is 6.38. The Morgan fingerprint density at radius 3 is 2.70 bits per heavy atom. The van der Waals surface area contributed by atoms with Crippen molar-refractivity contribution in [3.63, 3.8) is 0 Å². The molecule has 1 aromatic heterocycles. The third kappa shape index (κ3) is 5.20. The highest BCUT2D eigenvalue weighted by molar-refractivity contribution is 7.20. The number of carbonyl (C=O) groups excluding carboxylic acids is 1. The smallest absolute Gasteiger partial charge is 0.281 e. The van der Waals surface area contributed by atoms with Crippen LogP contribution in [0.4, 0.5) is 5.69 Å². The van der Waals surface area contributed by atoms with Crippen molar-refractivity contribution in [1.82, 2.24) is 5.43 Å². The molecule has 0 unspecified atom stereocenters. The van der Waals surface area contributed by atoms with Gasteiger partial charge in [0.15, 0.2) is 0 Å². The van der Waals surface area contributed by atoms with E-state index in [9.17, 15) is 14.9 Å². The number of carbonyl (C=O) groups is 1. The summed E-state index contributed by atoms with van der Waals surface area (Å²) in [6.07, 6.45) is 1.50. The molecule has 0 aliphatic rings. The lowest BCUT2D eigenvalue weighted by molar-refractivity contribution is -0.384. The van der Waals surface area contributed by atoms with Crippen molar-refractivity contribution in [3.8, 4) is 11.8 Å². The number of ether oxygens (including phenoxy) is 1. The highest BCUT2D eigenvalue weighted by atomic mass is 32.1. The second kappa shape index (κ2) is 9.72. The number of benzene rings is 3. The molecule has 9 heteroatoms. The molecule has 1 heterocycles. The molecule has 3 aromatic carbocycles. The average molecular weight is 456 g/mol. The monoisotopic (exact) mass is 456 g/mol. The van der Waals surface area contributed by atoms with Crippen molar-refractivity contribution in [3.05, 3.63) is 104 Å². The largest absolute Gasteiger partial charge is 0.489 e. The maximum Gasteiger partial charge on any atom is 0.281 e. The number of nitro groups is 1. The molecule has 0 saturated carbocycles. The summed E-state index contributed by atoms with van der Waals surface area (Å²) in [7, 11) is 0. The van der Waals surface area contributed by atoms with Crippen molar-refractivity contribution in [2.75, 3.05) is 0 Å². The first-order valence-corrected chi connectivity index (χ1v) is 10.6. The molecule has 0 spiro atoms. The fourth-order valence-electron chi connectivity index (χ4n) is 3.04. The Morgan fingerprint density at radius 2 is 1.94 bits per heavy atom. The molecule has 4 aromatic rings. The first-order valence-electron chi connectivity index (χ1n) is 9.76. The van der Waals surface area contributed by atoms with Gasteiger partial charge in [0.2, 0.25) is 0 Å². The van der Waals surface area contributed by atoms with Crippen LogP contribution in [0.2, 0.25) is 0 Å². The van der Waals surface area contributed by atoms with Gasteiger partial charge < -0.3 is 4.74 Å². The Morgan fingerprint density at radius 1 is 1.15 bits per heavy atom. The van der Waals surface area contributed by atoms with Crippen LogP contribution in [-0.4, -0.2) is 17.0 Å². The second-order valence-electron chi connectivity index (χ2n) is 6.92. The number of hydrazone groups is 1. The first-order chi connectivity index (χ1) is 16.0. The summed E-state index contributed by atoms with van der Waals surface area (Å²) in [5.41, 5.74) is 4.59. The SMILES string of the molecule is N#Cc1ccccc1COc1ccc(C=NNC(=O)c2cc3cc([N+](=O)[O-])ccc3s2)cc1. The maximum atomic E-state index is 12.4. The number of hydrogen-bond acceptors (Lipinski definition) is 7. The number of nitrogens with one attached hydrogen (secondary N) is 1. The van der Waals surface area contributed by atoms with E-state index in [-0.39, 0.29) is 12.3 Å². The van der Waals surface area contributed by atoms with E-state index in [1.54, 1.807) is 42.5 Å². The average Bonchev–Trinajstić information content (AvgIpc) is 3.27. The molecule has 0 atom stereocenters. The number of nitrogens with zero attached hydrogens (tertiary/aromatic N) is 3. The Balaban J connectivity index is 1.34. The van der Waals surface area contributed by atoms with E-state index in [0.29, 0.717) is 21.6 Å². The summed E-state index contributed by atoms with van der Waals surface area (Å²) < 4.78 is 6.52. The molecule has 162 valence electrons. The third-order valence-electron chi connectivity index (χ3n) is 4.73. The zero-order chi connectivity index (χ0) is 23.2. The standard InChI is InChI=1S/C24H16N4O4S/c25-13-17-3-1-2-4-18(17)15-32-21-8-5-16(6-9-21)14-26-27-24(29)23-12-19-11-20(28(30)31)7-10-22(19)33-23/h1-12,14H,15H2,(H,27,29). The van der Waals surface area contributed by atoms with Gasteiger partial charge >= 0.3 is 0 Å². The number of non-ortho nitro benzene ring substituents is 1. The highest BCUT2D eigenvalue weighted by Gasteiger charge is 2.13. The van der Waals surface area contributed by atoms with Gasteiger partial charge in [-0.25, -0.2) is 5.43 Å². The van der Waals surface area contributed by atoms with E-state index in [0.717, 1.165) is 15.8 Å². The summed E-state index contributed by atoms with van der Waals surface area (Å²) in [4.78, 5) is 23.2. The number of amides is 1. The van der Waals surface area contributed by atoms with Crippen molar-refractivity contribution in [2.24, 2.45) is 5.10 Å². The van der Waals surface area contributed by atoms with Gasteiger partial charge in [-0.1, -0.05) is 18.2 Å². The van der Waals surface area contributed by atoms with Gasteiger partial charge in [0, 0.05) is 27.8 Å². The fourth-order valence-corrected chi connectivity index (χ4v) is 3.98. The Hall–Kier alpha value is -4.55. The molecule has 0 fully saturated rings. The Labute approximate surface area is 192 Å². The predicted octanol–water partition coefficient (Wildman–Crippen LogP) is 5.02. The Bertz CT molecular complexity index is 1400. The maximum absolute atomic E-state index is 12.4. The van der Waals surface area contributed by atoms with E-state index >= 15 is 0 Å². The van der Waals surface area contributed by atoms with E-state index in [4.69, 9.17) is 10.00 Å². The fraction of sp³-hybridized carbons (Fsp3) is 0.0417. The van der Waals surface area contributed by atoms with Crippen LogP contribution in [0.15, 0.2) is 77.9 Å². The second-order valence-corrected chi connectivity index (χ2v) is 8.00. The van der Waals surface area contributed by atoms with Crippen LogP contribution in [0.1, 0.15) is 26.4 Å². The minimum absolute atomic E-state index is 0.0213. The molecule has 0 aliphatic heterocycles. The van der Waals surface area contributed by atoms with Crippen LogP contribution in [0.25, 0.3) is 10.1 Å². The van der Waals surface area contributed by atoms with Crippen LogP contribution >= 0.6 is 11.3 Å². The first kappa shape index (κ1) is 21.7. The molecule has 0 radical (unpaired) electrons. The van der Waals surface area contributed by atoms with E-state index in [2.05, 4.69) is 16.6 Å². The van der Waals surface area contributed by atoms with Gasteiger partial charge in [-0.15, -0.1) is 11.3 Å². The van der Waals surface area contributed by atoms with E-state index < -0.39 is 10.8 Å². The lowest BCUT2D eigenvalue weighted by atomic mass is 10.1. The third-order valence-corrected chi connectivity index (χ3v) is 5.84. The minimum atomic E-state index is -0.470. The summed E-state index contributed by atoms with van der Waals surface area (Å²) in [5, 5.41) is 24.7. The number of rotatable bonds is 7. The molecule has 0 bridgehead atoms. The molecule has 1 N–H and O–H groups in total. The van der Waals surface area contributed by atoms with Crippen LogP contribution in [0, 0.1) is 21.4 Å². The highest BCUT2D eigenvalue weighted by Crippen LogP contribution is 2.28. The van der Waals surface area contributed by atoms with Gasteiger partial charge in [0.1, 0.15) is 12.4 Å². The van der Waals surface area contributed by atoms with Crippen molar-refractivity contribution in [2.45, 2.75) is 6.61 Å². The summed E-state index contributed by atoms with van der Waals surface area (Å²) in [6, 6.07) is 22.6. The predicted molar refractivity (Wildman–Crippen MR) is 125 cm³/mol. The van der Waals surface area contributed by atoms with Crippen molar-refractivity contribution >= 4 is 39.2 Å². The van der Waals surface area contributed by atoms with Crippen molar-refractivity contribution in [1.29, 1.82) is 5.26 Å². The molecule has 8 nitrogen and oxygen atoms in total.